The van der Waals surface area contributed by atoms with Crippen LogP contribution in [0.4, 0.5) is 0 Å². The van der Waals surface area contributed by atoms with Crippen LogP contribution in [-0.4, -0.2) is 23.9 Å². The van der Waals surface area contributed by atoms with Gasteiger partial charge in [0.05, 0.1) is 0 Å². The average molecular weight is 339 g/mol. The van der Waals surface area contributed by atoms with Gasteiger partial charge >= 0.3 is 0 Å². The van der Waals surface area contributed by atoms with E-state index < -0.39 is 0 Å². The lowest BCUT2D eigenvalue weighted by molar-refractivity contribution is -0.00225. The Balaban J connectivity index is 1.95. The molecular weight excluding hydrogens is 304 g/mol. The van der Waals surface area contributed by atoms with Crippen LogP contribution in [0, 0.1) is 13.8 Å². The molecule has 2 saturated heterocycles. The maximum atomic E-state index is 2.72. The van der Waals surface area contributed by atoms with E-state index in [1.54, 1.807) is 33.4 Å². The van der Waals surface area contributed by atoms with Crippen molar-refractivity contribution in [2.45, 2.75) is 95.8 Å². The molecule has 4 aliphatic rings. The fraction of sp³-hybridized carbons (Fsp3) is 0.739. The molecule has 0 spiro atoms. The van der Waals surface area contributed by atoms with Gasteiger partial charge in [0, 0.05) is 22.2 Å². The summed E-state index contributed by atoms with van der Waals surface area (Å²) in [6.07, 6.45) is 6.56. The molecule has 0 aliphatic carbocycles. The van der Waals surface area contributed by atoms with Crippen molar-refractivity contribution < 1.29 is 0 Å². The van der Waals surface area contributed by atoms with Crippen LogP contribution in [0.2, 0.25) is 0 Å². The molecule has 136 valence electrons. The molecule has 0 N–H and O–H groups in total. The van der Waals surface area contributed by atoms with Crippen molar-refractivity contribution in [2.24, 2.45) is 0 Å². The lowest BCUT2D eigenvalue weighted by Crippen LogP contribution is -2.49. The van der Waals surface area contributed by atoms with E-state index in [0.29, 0.717) is 0 Å². The van der Waals surface area contributed by atoms with Crippen molar-refractivity contribution in [3.8, 4) is 0 Å². The number of piperidine rings is 1. The van der Waals surface area contributed by atoms with E-state index in [1.165, 1.54) is 32.1 Å². The fourth-order valence-electron chi connectivity index (χ4n) is 7.89. The Morgan fingerprint density at radius 3 is 1.16 bits per heavy atom. The van der Waals surface area contributed by atoms with Crippen LogP contribution in [0.5, 0.6) is 0 Å². The topological polar surface area (TPSA) is 6.48 Å². The van der Waals surface area contributed by atoms with Gasteiger partial charge in [0.1, 0.15) is 0 Å². The van der Waals surface area contributed by atoms with Crippen LogP contribution in [0.1, 0.15) is 93.2 Å². The number of hydrogen-bond acceptors (Lipinski definition) is 2. The van der Waals surface area contributed by atoms with E-state index in [0.717, 1.165) is 0 Å². The Morgan fingerprint density at radius 1 is 0.560 bits per heavy atom. The first-order valence-electron chi connectivity index (χ1n) is 10.2. The molecule has 0 unspecified atom stereocenters. The Bertz CT molecular complexity index is 761. The van der Waals surface area contributed by atoms with Gasteiger partial charge in [-0.3, -0.25) is 9.80 Å². The second kappa shape index (κ2) is 4.17. The van der Waals surface area contributed by atoms with Crippen LogP contribution in [-0.2, 0) is 22.2 Å². The molecule has 4 atom stereocenters. The summed E-state index contributed by atoms with van der Waals surface area (Å²) < 4.78 is 0. The summed E-state index contributed by atoms with van der Waals surface area (Å²) in [7, 11) is 4.75. The van der Waals surface area contributed by atoms with E-state index in [-0.39, 0.29) is 22.2 Å². The normalized spacial score (nSPS) is 45.1. The molecule has 4 aliphatic heterocycles. The number of fused-ring (bicyclic) bond motifs is 10. The zero-order valence-electron chi connectivity index (χ0n) is 17.4. The van der Waals surface area contributed by atoms with Crippen molar-refractivity contribution in [1.29, 1.82) is 0 Å². The molecule has 1 aromatic carbocycles. The standard InChI is InChI=1S/C23H34N2/c1-14-16-17(21(4)11-9-10-20(16,3)24(21)7)15(2)19-18(14)22(5)12-13-23(19,6)25(22)8/h9-13H2,1-8H3/t20-,21+,22+,23-. The Labute approximate surface area is 153 Å². The first-order chi connectivity index (χ1) is 11.5. The Hall–Kier alpha value is -0.860. The van der Waals surface area contributed by atoms with Crippen LogP contribution in [0.25, 0.3) is 0 Å². The van der Waals surface area contributed by atoms with Crippen molar-refractivity contribution >= 4 is 0 Å². The maximum absolute atomic E-state index is 2.72. The van der Waals surface area contributed by atoms with E-state index in [2.05, 4.69) is 65.4 Å². The lowest BCUT2D eigenvalue weighted by Gasteiger charge is -2.47. The summed E-state index contributed by atoms with van der Waals surface area (Å²) in [5.74, 6) is 0. The molecule has 0 saturated carbocycles. The summed E-state index contributed by atoms with van der Waals surface area (Å²) in [5, 5.41) is 0. The third-order valence-electron chi connectivity index (χ3n) is 9.54. The monoisotopic (exact) mass is 338 g/mol. The van der Waals surface area contributed by atoms with Gasteiger partial charge in [0.15, 0.2) is 0 Å². The minimum atomic E-state index is 0.212. The zero-order chi connectivity index (χ0) is 18.2. The van der Waals surface area contributed by atoms with Crippen LogP contribution in [0.15, 0.2) is 0 Å². The molecule has 0 radical (unpaired) electrons. The molecule has 1 aromatic rings. The molecule has 5 rings (SSSR count). The highest BCUT2D eigenvalue weighted by atomic mass is 15.3. The minimum Gasteiger partial charge on any atom is -0.287 e. The molecular formula is C23H34N2. The van der Waals surface area contributed by atoms with Gasteiger partial charge in [-0.2, -0.15) is 0 Å². The third kappa shape index (κ3) is 1.39. The van der Waals surface area contributed by atoms with E-state index in [4.69, 9.17) is 0 Å². The molecule has 0 amide bonds. The SMILES string of the molecule is Cc1c2c(c(C)c3c1[C@@]1(C)CC[C@]3(C)N1C)[C@@]1(C)CCC[C@]2(C)N1C. The molecule has 0 aromatic heterocycles. The molecule has 2 heteroatoms. The van der Waals surface area contributed by atoms with Crippen LogP contribution < -0.4 is 0 Å². The highest BCUT2D eigenvalue weighted by Crippen LogP contribution is 2.66. The molecule has 4 heterocycles. The minimum absolute atomic E-state index is 0.212. The summed E-state index contributed by atoms with van der Waals surface area (Å²) in [6.45, 7) is 14.9. The summed E-state index contributed by atoms with van der Waals surface area (Å²) in [5.41, 5.74) is 10.9. The van der Waals surface area contributed by atoms with Gasteiger partial charge in [-0.05, 0) is 121 Å². The maximum Gasteiger partial charge on any atom is 0.0445 e. The number of nitrogens with zero attached hydrogens (tertiary/aromatic N) is 2. The average Bonchev–Trinajstić information content (AvgIpc) is 2.90. The van der Waals surface area contributed by atoms with Gasteiger partial charge in [0.2, 0.25) is 0 Å². The van der Waals surface area contributed by atoms with Crippen molar-refractivity contribution in [3.05, 3.63) is 33.4 Å². The summed E-state index contributed by atoms with van der Waals surface area (Å²) in [4.78, 5) is 5.42. The van der Waals surface area contributed by atoms with Gasteiger partial charge < -0.3 is 0 Å². The second-order valence-electron chi connectivity index (χ2n) is 10.3. The fourth-order valence-corrected chi connectivity index (χ4v) is 7.89. The zero-order valence-corrected chi connectivity index (χ0v) is 17.4. The van der Waals surface area contributed by atoms with E-state index in [1.807, 2.05) is 0 Å². The first kappa shape index (κ1) is 16.3. The van der Waals surface area contributed by atoms with Crippen molar-refractivity contribution in [3.63, 3.8) is 0 Å². The van der Waals surface area contributed by atoms with Crippen molar-refractivity contribution in [2.75, 3.05) is 14.1 Å². The second-order valence-corrected chi connectivity index (χ2v) is 10.3. The van der Waals surface area contributed by atoms with Crippen LogP contribution in [0.3, 0.4) is 0 Å². The smallest absolute Gasteiger partial charge is 0.0445 e. The van der Waals surface area contributed by atoms with Gasteiger partial charge in [0.25, 0.3) is 0 Å². The van der Waals surface area contributed by atoms with Crippen molar-refractivity contribution in [1.82, 2.24) is 9.80 Å². The van der Waals surface area contributed by atoms with Crippen LogP contribution >= 0.6 is 0 Å². The van der Waals surface area contributed by atoms with Gasteiger partial charge in [-0.25, -0.2) is 0 Å². The molecule has 4 bridgehead atoms. The number of rotatable bonds is 0. The Morgan fingerprint density at radius 2 is 0.840 bits per heavy atom. The number of hydrogen-bond donors (Lipinski definition) is 0. The summed E-state index contributed by atoms with van der Waals surface area (Å²) >= 11 is 0. The van der Waals surface area contributed by atoms with E-state index in [9.17, 15) is 0 Å². The quantitative estimate of drug-likeness (QED) is 0.654. The van der Waals surface area contributed by atoms with Gasteiger partial charge in [-0.15, -0.1) is 0 Å². The number of benzene rings is 1. The third-order valence-corrected chi connectivity index (χ3v) is 9.54. The summed E-state index contributed by atoms with van der Waals surface area (Å²) in [6, 6.07) is 0. The molecule has 2 fully saturated rings. The molecule has 2 nitrogen and oxygen atoms in total. The van der Waals surface area contributed by atoms with Gasteiger partial charge in [-0.1, -0.05) is 0 Å². The highest BCUT2D eigenvalue weighted by Gasteiger charge is 2.63. The lowest BCUT2D eigenvalue weighted by atomic mass is 9.69. The first-order valence-corrected chi connectivity index (χ1v) is 10.2. The van der Waals surface area contributed by atoms with E-state index >= 15 is 0 Å². The Kier molecular flexibility index (Phi) is 2.72. The highest BCUT2D eigenvalue weighted by molar-refractivity contribution is 5.65. The molecule has 25 heavy (non-hydrogen) atoms. The predicted molar refractivity (Wildman–Crippen MR) is 104 cm³/mol. The predicted octanol–water partition coefficient (Wildman–Crippen LogP) is 5.03. The largest absolute Gasteiger partial charge is 0.287 e.